The van der Waals surface area contributed by atoms with Crippen molar-refractivity contribution in [1.82, 2.24) is 0 Å². The van der Waals surface area contributed by atoms with Gasteiger partial charge in [-0.3, -0.25) is 0 Å². The molecule has 0 saturated heterocycles. The summed E-state index contributed by atoms with van der Waals surface area (Å²) in [7, 11) is 4.76. The van der Waals surface area contributed by atoms with E-state index in [2.05, 4.69) is 84.3 Å². The highest BCUT2D eigenvalue weighted by Crippen LogP contribution is 2.37. The van der Waals surface area contributed by atoms with Crippen LogP contribution in [0.2, 0.25) is 0 Å². The van der Waals surface area contributed by atoms with Crippen LogP contribution in [0.25, 0.3) is 0 Å². The summed E-state index contributed by atoms with van der Waals surface area (Å²) in [5, 5.41) is 0. The molecule has 0 saturated carbocycles. The second-order valence-corrected chi connectivity index (χ2v) is 9.35. The molecule has 0 heterocycles. The molecule has 27 heavy (non-hydrogen) atoms. The van der Waals surface area contributed by atoms with Crippen LogP contribution in [0, 0.1) is 11.8 Å². The van der Waals surface area contributed by atoms with E-state index in [0.717, 1.165) is 36.2 Å². The van der Waals surface area contributed by atoms with E-state index in [0.29, 0.717) is 11.8 Å². The third-order valence-electron chi connectivity index (χ3n) is 5.53. The normalized spacial score (nSPS) is 12.6. The van der Waals surface area contributed by atoms with Gasteiger partial charge >= 0.3 is 0 Å². The number of nitrogens with zero attached hydrogens (tertiary/aromatic N) is 1. The van der Waals surface area contributed by atoms with E-state index >= 15 is 0 Å². The predicted molar refractivity (Wildman–Crippen MR) is 116 cm³/mol. The third-order valence-corrected chi connectivity index (χ3v) is 5.53. The third kappa shape index (κ3) is 6.10. The van der Waals surface area contributed by atoms with Crippen LogP contribution < -0.4 is 4.74 Å². The van der Waals surface area contributed by atoms with Crippen molar-refractivity contribution >= 4 is 0 Å². The van der Waals surface area contributed by atoms with Crippen LogP contribution in [-0.4, -0.2) is 30.7 Å². The summed E-state index contributed by atoms with van der Waals surface area (Å²) in [6.45, 7) is 11.1. The van der Waals surface area contributed by atoms with Gasteiger partial charge in [0.25, 0.3) is 0 Å². The standard InChI is InChI=1S/C25H38NO/c1-21(2)17-25(18-22(3)4,20-27-24-15-11-8-12-16-24)26(5,6)19-23-13-9-7-10-14-23/h7-16,21-22H,17-20H2,1-6H3/q+1. The lowest BCUT2D eigenvalue weighted by Gasteiger charge is -2.50. The number of hydrogen-bond acceptors (Lipinski definition) is 1. The first kappa shape index (κ1) is 21.5. The lowest BCUT2D eigenvalue weighted by Crippen LogP contribution is -2.63. The Morgan fingerprint density at radius 1 is 0.778 bits per heavy atom. The van der Waals surface area contributed by atoms with E-state index in [9.17, 15) is 0 Å². The highest BCUT2D eigenvalue weighted by molar-refractivity contribution is 5.21. The highest BCUT2D eigenvalue weighted by atomic mass is 16.5. The molecule has 0 atom stereocenters. The number of benzene rings is 2. The minimum atomic E-state index is 0.0635. The van der Waals surface area contributed by atoms with Crippen LogP contribution in [0.3, 0.4) is 0 Å². The van der Waals surface area contributed by atoms with E-state index in [-0.39, 0.29) is 5.54 Å². The SMILES string of the molecule is CC(C)CC(COc1ccccc1)(CC(C)C)[N+](C)(C)Cc1ccccc1. The van der Waals surface area contributed by atoms with Crippen molar-refractivity contribution in [3.63, 3.8) is 0 Å². The van der Waals surface area contributed by atoms with Crippen molar-refractivity contribution in [2.45, 2.75) is 52.6 Å². The van der Waals surface area contributed by atoms with Gasteiger partial charge in [0.15, 0.2) is 0 Å². The Kier molecular flexibility index (Phi) is 7.49. The van der Waals surface area contributed by atoms with E-state index in [1.165, 1.54) is 5.56 Å². The number of rotatable bonds is 10. The van der Waals surface area contributed by atoms with Crippen molar-refractivity contribution in [2.75, 3.05) is 20.7 Å². The average molecular weight is 369 g/mol. The summed E-state index contributed by atoms with van der Waals surface area (Å²) in [6.07, 6.45) is 2.30. The molecule has 0 unspecified atom stereocenters. The molecule has 2 heteroatoms. The molecule has 0 aliphatic rings. The molecule has 0 aromatic heterocycles. The fourth-order valence-electron chi connectivity index (χ4n) is 4.33. The maximum atomic E-state index is 6.38. The predicted octanol–water partition coefficient (Wildman–Crippen LogP) is 6.17. The van der Waals surface area contributed by atoms with Gasteiger partial charge in [0.2, 0.25) is 0 Å². The van der Waals surface area contributed by atoms with Gasteiger partial charge in [-0.2, -0.15) is 0 Å². The Bertz CT molecular complexity index is 651. The fourth-order valence-corrected chi connectivity index (χ4v) is 4.33. The van der Waals surface area contributed by atoms with Gasteiger partial charge in [-0.15, -0.1) is 0 Å². The minimum absolute atomic E-state index is 0.0635. The molecule has 0 N–H and O–H groups in total. The summed E-state index contributed by atoms with van der Waals surface area (Å²) < 4.78 is 7.31. The summed E-state index contributed by atoms with van der Waals surface area (Å²) in [4.78, 5) is 0. The molecular formula is C25H38NO+. The molecule has 2 aromatic rings. The Hall–Kier alpha value is -1.80. The maximum Gasteiger partial charge on any atom is 0.143 e. The minimum Gasteiger partial charge on any atom is -0.487 e. The molecule has 0 aliphatic heterocycles. The van der Waals surface area contributed by atoms with E-state index in [4.69, 9.17) is 4.74 Å². The Morgan fingerprint density at radius 3 is 1.74 bits per heavy atom. The maximum absolute atomic E-state index is 6.38. The van der Waals surface area contributed by atoms with Crippen LogP contribution >= 0.6 is 0 Å². The summed E-state index contributed by atoms with van der Waals surface area (Å²) in [5.74, 6) is 2.21. The first-order valence-corrected chi connectivity index (χ1v) is 10.3. The molecule has 2 aromatic carbocycles. The lowest BCUT2D eigenvalue weighted by molar-refractivity contribution is -0.956. The van der Waals surface area contributed by atoms with Gasteiger partial charge in [0, 0.05) is 18.4 Å². The Morgan fingerprint density at radius 2 is 1.26 bits per heavy atom. The largest absolute Gasteiger partial charge is 0.487 e. The van der Waals surface area contributed by atoms with Crippen molar-refractivity contribution < 1.29 is 9.22 Å². The second kappa shape index (κ2) is 9.41. The van der Waals surface area contributed by atoms with Crippen molar-refractivity contribution in [3.05, 3.63) is 66.2 Å². The summed E-state index contributed by atoms with van der Waals surface area (Å²) in [6, 6.07) is 21.1. The smallest absolute Gasteiger partial charge is 0.143 e. The van der Waals surface area contributed by atoms with Crippen LogP contribution in [-0.2, 0) is 6.54 Å². The zero-order chi connectivity index (χ0) is 19.9. The first-order chi connectivity index (χ1) is 12.7. The summed E-state index contributed by atoms with van der Waals surface area (Å²) in [5.41, 5.74) is 1.45. The number of likely N-dealkylation sites (N-methyl/N-ethyl adjacent to an activating group) is 1. The van der Waals surface area contributed by atoms with Crippen molar-refractivity contribution in [3.8, 4) is 5.75 Å². The monoisotopic (exact) mass is 368 g/mol. The van der Waals surface area contributed by atoms with Crippen LogP contribution in [0.5, 0.6) is 5.75 Å². The van der Waals surface area contributed by atoms with Crippen LogP contribution in [0.15, 0.2) is 60.7 Å². The van der Waals surface area contributed by atoms with Crippen LogP contribution in [0.1, 0.15) is 46.1 Å². The van der Waals surface area contributed by atoms with Crippen molar-refractivity contribution in [2.24, 2.45) is 11.8 Å². The molecule has 0 aliphatic carbocycles. The van der Waals surface area contributed by atoms with Crippen molar-refractivity contribution in [1.29, 1.82) is 0 Å². The molecular weight excluding hydrogens is 330 g/mol. The average Bonchev–Trinajstić information content (AvgIpc) is 2.60. The quantitative estimate of drug-likeness (QED) is 0.455. The topological polar surface area (TPSA) is 9.23 Å². The van der Waals surface area contributed by atoms with E-state index in [1.807, 2.05) is 18.2 Å². The van der Waals surface area contributed by atoms with Gasteiger partial charge in [-0.25, -0.2) is 0 Å². The molecule has 148 valence electrons. The van der Waals surface area contributed by atoms with Gasteiger partial charge in [0.05, 0.1) is 14.1 Å². The second-order valence-electron chi connectivity index (χ2n) is 9.35. The molecule has 0 spiro atoms. The Balaban J connectivity index is 2.34. The molecule has 2 nitrogen and oxygen atoms in total. The molecule has 0 radical (unpaired) electrons. The molecule has 2 rings (SSSR count). The summed E-state index contributed by atoms with van der Waals surface area (Å²) >= 11 is 0. The van der Waals surface area contributed by atoms with Gasteiger partial charge in [-0.1, -0.05) is 76.2 Å². The molecule has 0 amide bonds. The number of ether oxygens (including phenoxy) is 1. The zero-order valence-electron chi connectivity index (χ0n) is 18.1. The molecule has 0 bridgehead atoms. The van der Waals surface area contributed by atoms with Gasteiger partial charge in [0.1, 0.15) is 24.4 Å². The lowest BCUT2D eigenvalue weighted by atomic mass is 9.79. The van der Waals surface area contributed by atoms with Crippen LogP contribution in [0.4, 0.5) is 0 Å². The number of quaternary nitrogens is 1. The fraction of sp³-hybridized carbons (Fsp3) is 0.520. The highest BCUT2D eigenvalue weighted by Gasteiger charge is 2.47. The van der Waals surface area contributed by atoms with E-state index < -0.39 is 0 Å². The molecule has 0 fully saturated rings. The first-order valence-electron chi connectivity index (χ1n) is 10.3. The van der Waals surface area contributed by atoms with E-state index in [1.54, 1.807) is 0 Å². The number of para-hydroxylation sites is 1. The zero-order valence-corrected chi connectivity index (χ0v) is 18.1. The van der Waals surface area contributed by atoms with Gasteiger partial charge in [-0.05, 0) is 24.0 Å². The van der Waals surface area contributed by atoms with Gasteiger partial charge < -0.3 is 9.22 Å². The Labute approximate surface area is 166 Å². The number of hydrogen-bond donors (Lipinski definition) is 0.